The number of nitrogens with zero attached hydrogens (tertiary/aromatic N) is 4. The van der Waals surface area contributed by atoms with Crippen LogP contribution in [0.3, 0.4) is 0 Å². The highest BCUT2D eigenvalue weighted by atomic mass is 19.1. The molecule has 172 valence electrons. The van der Waals surface area contributed by atoms with Crippen molar-refractivity contribution in [3.8, 4) is 6.07 Å². The Bertz CT molecular complexity index is 903. The van der Waals surface area contributed by atoms with Crippen LogP contribution < -0.4 is 20.4 Å². The second kappa shape index (κ2) is 10.8. The summed E-state index contributed by atoms with van der Waals surface area (Å²) >= 11 is 0. The topological polar surface area (TPSA) is 101 Å². The maximum absolute atomic E-state index is 14.8. The third kappa shape index (κ3) is 6.11. The van der Waals surface area contributed by atoms with Crippen molar-refractivity contribution in [2.45, 2.75) is 18.9 Å². The number of amides is 3. The van der Waals surface area contributed by atoms with Gasteiger partial charge in [0.25, 0.3) is 0 Å². The largest absolute Gasteiger partial charge is 0.442 e. The fraction of sp³-hybridized carbons (Fsp3) is 0.500. The van der Waals surface area contributed by atoms with E-state index in [1.807, 2.05) is 30.0 Å². The van der Waals surface area contributed by atoms with Gasteiger partial charge in [-0.3, -0.25) is 4.90 Å². The Kier molecular flexibility index (Phi) is 7.89. The quantitative estimate of drug-likeness (QED) is 0.625. The van der Waals surface area contributed by atoms with Crippen molar-refractivity contribution in [1.29, 1.82) is 5.26 Å². The number of allylic oxidation sites excluding steroid dienone is 1. The van der Waals surface area contributed by atoms with Crippen LogP contribution in [0.4, 0.5) is 25.4 Å². The Balaban J connectivity index is 1.53. The van der Waals surface area contributed by atoms with Crippen LogP contribution in [0, 0.1) is 17.1 Å². The van der Waals surface area contributed by atoms with Gasteiger partial charge >= 0.3 is 12.1 Å². The van der Waals surface area contributed by atoms with Gasteiger partial charge in [0.2, 0.25) is 0 Å². The highest BCUT2D eigenvalue weighted by molar-refractivity contribution is 5.90. The summed E-state index contributed by atoms with van der Waals surface area (Å²) in [6.07, 6.45) is 1.93. The Morgan fingerprint density at radius 3 is 2.75 bits per heavy atom. The third-order valence-corrected chi connectivity index (χ3v) is 5.47. The average Bonchev–Trinajstić information content (AvgIpc) is 3.13. The first-order valence-corrected chi connectivity index (χ1v) is 10.6. The number of nitriles is 1. The molecule has 2 heterocycles. The van der Waals surface area contributed by atoms with E-state index in [2.05, 4.69) is 10.6 Å². The lowest BCUT2D eigenvalue weighted by atomic mass is 10.0. The monoisotopic (exact) mass is 444 g/mol. The number of benzene rings is 1. The lowest BCUT2D eigenvalue weighted by molar-refractivity contribution is 0.140. The lowest BCUT2D eigenvalue weighted by Gasteiger charge is -2.30. The molecule has 0 aliphatic carbocycles. The second-order valence-corrected chi connectivity index (χ2v) is 8.11. The van der Waals surface area contributed by atoms with E-state index in [4.69, 9.17) is 10.00 Å². The van der Waals surface area contributed by atoms with Gasteiger partial charge in [0, 0.05) is 32.3 Å². The normalized spacial score (nSPS) is 18.4. The highest BCUT2D eigenvalue weighted by Crippen LogP contribution is 2.30. The number of ether oxygens (including phenoxy) is 1. The van der Waals surface area contributed by atoms with E-state index >= 15 is 0 Å². The predicted molar refractivity (Wildman–Crippen MR) is 119 cm³/mol. The van der Waals surface area contributed by atoms with Crippen LogP contribution in [-0.4, -0.2) is 76.5 Å². The minimum Gasteiger partial charge on any atom is -0.442 e. The Labute approximate surface area is 187 Å². The molecule has 32 heavy (non-hydrogen) atoms. The lowest BCUT2D eigenvalue weighted by Crippen LogP contribution is -2.42. The van der Waals surface area contributed by atoms with E-state index in [0.717, 1.165) is 25.0 Å². The van der Waals surface area contributed by atoms with Crippen LogP contribution in [-0.2, 0) is 4.74 Å². The van der Waals surface area contributed by atoms with Crippen molar-refractivity contribution in [2.24, 2.45) is 0 Å². The molecule has 2 saturated heterocycles. The van der Waals surface area contributed by atoms with E-state index in [1.165, 1.54) is 11.0 Å². The number of carbonyl (C=O) groups is 2. The smallest absolute Gasteiger partial charge is 0.414 e. The number of nitrogens with one attached hydrogen (secondary N) is 2. The molecule has 10 heteroatoms. The fourth-order valence-corrected chi connectivity index (χ4v) is 3.69. The average molecular weight is 445 g/mol. The summed E-state index contributed by atoms with van der Waals surface area (Å²) < 4.78 is 20.1. The van der Waals surface area contributed by atoms with Gasteiger partial charge in [-0.25, -0.2) is 14.0 Å². The third-order valence-electron chi connectivity index (χ3n) is 5.47. The van der Waals surface area contributed by atoms with Gasteiger partial charge in [0.1, 0.15) is 11.9 Å². The van der Waals surface area contributed by atoms with Crippen LogP contribution in [0.25, 0.3) is 0 Å². The molecule has 2 N–H and O–H groups in total. The van der Waals surface area contributed by atoms with E-state index < -0.39 is 18.0 Å². The molecule has 2 aliphatic heterocycles. The number of carbonyl (C=O) groups excluding carboxylic acids is 2. The van der Waals surface area contributed by atoms with Gasteiger partial charge in [-0.15, -0.1) is 0 Å². The fourth-order valence-electron chi connectivity index (χ4n) is 3.69. The molecule has 1 atom stereocenters. The Hall–Kier alpha value is -3.32. The molecule has 1 aromatic carbocycles. The van der Waals surface area contributed by atoms with Gasteiger partial charge in [-0.1, -0.05) is 5.57 Å². The molecule has 3 amide bonds. The van der Waals surface area contributed by atoms with Crippen molar-refractivity contribution in [3.05, 3.63) is 35.7 Å². The molecule has 0 aromatic heterocycles. The van der Waals surface area contributed by atoms with E-state index in [-0.39, 0.29) is 19.1 Å². The number of rotatable bonds is 7. The first-order chi connectivity index (χ1) is 15.4. The van der Waals surface area contributed by atoms with Crippen molar-refractivity contribution < 1.29 is 18.7 Å². The summed E-state index contributed by atoms with van der Waals surface area (Å²) in [6, 6.07) is 6.42. The SMILES string of the molecule is CN(C)CCNC(=O)NC[C@H]1CN(c2ccc(N3CCC(=CC#N)CC3)c(F)c2)C(=O)O1. The predicted octanol–water partition coefficient (Wildman–Crippen LogP) is 2.06. The molecule has 9 nitrogen and oxygen atoms in total. The number of hydrogen-bond acceptors (Lipinski definition) is 6. The number of cyclic esters (lactones) is 1. The minimum absolute atomic E-state index is 0.170. The minimum atomic E-state index is -0.568. The van der Waals surface area contributed by atoms with Gasteiger partial charge in [-0.2, -0.15) is 5.26 Å². The maximum atomic E-state index is 14.8. The number of hydrogen-bond donors (Lipinski definition) is 2. The molecular weight excluding hydrogens is 415 g/mol. The highest BCUT2D eigenvalue weighted by Gasteiger charge is 2.33. The molecule has 3 rings (SSSR count). The molecule has 2 aliphatic rings. The zero-order valence-electron chi connectivity index (χ0n) is 18.4. The van der Waals surface area contributed by atoms with E-state index in [1.54, 1.807) is 18.2 Å². The maximum Gasteiger partial charge on any atom is 0.414 e. The van der Waals surface area contributed by atoms with Crippen molar-refractivity contribution in [3.63, 3.8) is 0 Å². The zero-order chi connectivity index (χ0) is 23.1. The zero-order valence-corrected chi connectivity index (χ0v) is 18.4. The van der Waals surface area contributed by atoms with Crippen molar-refractivity contribution in [1.82, 2.24) is 15.5 Å². The van der Waals surface area contributed by atoms with Crippen LogP contribution in [0.1, 0.15) is 12.8 Å². The molecule has 1 aromatic rings. The number of halogens is 1. The van der Waals surface area contributed by atoms with Crippen LogP contribution in [0.5, 0.6) is 0 Å². The summed E-state index contributed by atoms with van der Waals surface area (Å²) in [5.74, 6) is -0.412. The van der Waals surface area contributed by atoms with Crippen LogP contribution >= 0.6 is 0 Å². The molecule has 0 bridgehead atoms. The molecule has 0 spiro atoms. The van der Waals surface area contributed by atoms with Crippen LogP contribution in [0.15, 0.2) is 29.8 Å². The first-order valence-electron chi connectivity index (χ1n) is 10.6. The van der Waals surface area contributed by atoms with Crippen molar-refractivity contribution >= 4 is 23.5 Å². The summed E-state index contributed by atoms with van der Waals surface area (Å²) in [5.41, 5.74) is 1.97. The van der Waals surface area contributed by atoms with Gasteiger partial charge < -0.3 is 25.2 Å². The molecular formula is C22H29FN6O3. The summed E-state index contributed by atoms with van der Waals surface area (Å²) in [5, 5.41) is 14.2. The second-order valence-electron chi connectivity index (χ2n) is 8.11. The Morgan fingerprint density at radius 1 is 1.34 bits per heavy atom. The molecule has 0 saturated carbocycles. The van der Waals surface area contributed by atoms with E-state index in [0.29, 0.717) is 31.0 Å². The standard InChI is InChI=1S/C22H29FN6O3/c1-27(2)12-9-25-21(30)26-14-18-15-29(22(31)32-18)17-3-4-20(19(23)13-17)28-10-6-16(5-8-24)7-11-28/h3-5,13,18H,6-7,9-12,14-15H2,1-2H3,(H2,25,26,30)/t18-/m0/s1. The number of anilines is 2. The molecule has 2 fully saturated rings. The molecule has 0 unspecified atom stereocenters. The summed E-state index contributed by atoms with van der Waals surface area (Å²) in [6.45, 7) is 2.90. The van der Waals surface area contributed by atoms with Gasteiger partial charge in [-0.05, 0) is 45.1 Å². The van der Waals surface area contributed by atoms with Gasteiger partial charge in [0.05, 0.1) is 30.5 Å². The summed E-state index contributed by atoms with van der Waals surface area (Å²) in [7, 11) is 3.83. The molecule has 0 radical (unpaired) electrons. The first kappa shape index (κ1) is 23.3. The van der Waals surface area contributed by atoms with Crippen molar-refractivity contribution in [2.75, 3.05) is 63.2 Å². The van der Waals surface area contributed by atoms with Crippen LogP contribution in [0.2, 0.25) is 0 Å². The number of likely N-dealkylation sites (N-methyl/N-ethyl adjacent to an activating group) is 1. The van der Waals surface area contributed by atoms with E-state index in [9.17, 15) is 14.0 Å². The van der Waals surface area contributed by atoms with Gasteiger partial charge in [0.15, 0.2) is 0 Å². The number of piperidine rings is 1. The summed E-state index contributed by atoms with van der Waals surface area (Å²) in [4.78, 5) is 29.4. The number of urea groups is 1. The Morgan fingerprint density at radius 2 is 2.09 bits per heavy atom.